The van der Waals surface area contributed by atoms with E-state index >= 15 is 0 Å². The Balaban J connectivity index is 2.60. The van der Waals surface area contributed by atoms with Crippen LogP contribution in [0.25, 0.3) is 5.69 Å². The maximum Gasteiger partial charge on any atom is 0.337 e. The fraction of sp³-hybridized carbons (Fsp3) is 0.111. The van der Waals surface area contributed by atoms with E-state index in [4.69, 9.17) is 5.11 Å². The van der Waals surface area contributed by atoms with Gasteiger partial charge < -0.3 is 10.4 Å². The first kappa shape index (κ1) is 10.1. The topological polar surface area (TPSA) is 92.9 Å². The summed E-state index contributed by atoms with van der Waals surface area (Å²) < 4.78 is 1.34. The molecular weight excluding hydrogens is 210 g/mol. The SMILES string of the molecule is CNc1nnnn1-c1ccccc1C(=O)O. The molecule has 1 aromatic carbocycles. The standard InChI is InChI=1S/C9H9N5O2/c1-10-9-11-12-13-14(9)7-5-3-2-4-6(7)8(15)16/h2-5H,1H3,(H,15,16)(H,10,11,13). The van der Waals surface area contributed by atoms with Gasteiger partial charge in [0.15, 0.2) is 0 Å². The van der Waals surface area contributed by atoms with E-state index in [-0.39, 0.29) is 5.56 Å². The maximum atomic E-state index is 11.0. The minimum Gasteiger partial charge on any atom is -0.478 e. The number of rotatable bonds is 3. The molecule has 0 fully saturated rings. The summed E-state index contributed by atoms with van der Waals surface area (Å²) in [6, 6.07) is 6.51. The minimum atomic E-state index is -1.02. The van der Waals surface area contributed by atoms with E-state index < -0.39 is 5.97 Å². The number of carbonyl (C=O) groups is 1. The fourth-order valence-electron chi connectivity index (χ4n) is 1.34. The predicted molar refractivity (Wildman–Crippen MR) is 55.7 cm³/mol. The maximum absolute atomic E-state index is 11.0. The molecule has 7 nitrogen and oxygen atoms in total. The van der Waals surface area contributed by atoms with Crippen molar-refractivity contribution in [3.8, 4) is 5.69 Å². The highest BCUT2D eigenvalue weighted by molar-refractivity contribution is 5.92. The Morgan fingerprint density at radius 3 is 2.88 bits per heavy atom. The third-order valence-electron chi connectivity index (χ3n) is 2.06. The van der Waals surface area contributed by atoms with Gasteiger partial charge in [0.25, 0.3) is 0 Å². The summed E-state index contributed by atoms with van der Waals surface area (Å²) >= 11 is 0. The van der Waals surface area contributed by atoms with E-state index in [0.717, 1.165) is 0 Å². The number of hydrogen-bond acceptors (Lipinski definition) is 5. The van der Waals surface area contributed by atoms with Gasteiger partial charge in [-0.2, -0.15) is 4.68 Å². The zero-order valence-electron chi connectivity index (χ0n) is 8.45. The molecule has 2 rings (SSSR count). The molecule has 82 valence electrons. The van der Waals surface area contributed by atoms with Crippen molar-refractivity contribution in [2.75, 3.05) is 12.4 Å². The average molecular weight is 219 g/mol. The molecule has 7 heteroatoms. The van der Waals surface area contributed by atoms with Gasteiger partial charge in [-0.15, -0.1) is 0 Å². The lowest BCUT2D eigenvalue weighted by atomic mass is 10.2. The number of tetrazole rings is 1. The summed E-state index contributed by atoms with van der Waals surface area (Å²) in [5.41, 5.74) is 0.565. The second-order valence-corrected chi connectivity index (χ2v) is 2.99. The van der Waals surface area contributed by atoms with E-state index in [1.54, 1.807) is 25.2 Å². The Kier molecular flexibility index (Phi) is 2.50. The van der Waals surface area contributed by atoms with Crippen molar-refractivity contribution in [1.82, 2.24) is 20.2 Å². The Hall–Kier alpha value is -2.44. The van der Waals surface area contributed by atoms with Crippen molar-refractivity contribution < 1.29 is 9.90 Å². The van der Waals surface area contributed by atoms with Gasteiger partial charge in [0.05, 0.1) is 11.3 Å². The van der Waals surface area contributed by atoms with Crippen LogP contribution >= 0.6 is 0 Å². The first-order valence-electron chi connectivity index (χ1n) is 4.53. The van der Waals surface area contributed by atoms with Crippen LogP contribution in [0, 0.1) is 0 Å². The van der Waals surface area contributed by atoms with Crippen LogP contribution in [0.5, 0.6) is 0 Å². The van der Waals surface area contributed by atoms with Crippen molar-refractivity contribution in [2.24, 2.45) is 0 Å². The van der Waals surface area contributed by atoms with E-state index in [1.165, 1.54) is 10.7 Å². The van der Waals surface area contributed by atoms with Gasteiger partial charge in [-0.1, -0.05) is 17.2 Å². The highest BCUT2D eigenvalue weighted by Gasteiger charge is 2.14. The third kappa shape index (κ3) is 1.58. The highest BCUT2D eigenvalue weighted by Crippen LogP contribution is 2.16. The van der Waals surface area contributed by atoms with Crippen molar-refractivity contribution in [3.05, 3.63) is 29.8 Å². The number of carboxylic acid groups (broad SMARTS) is 1. The van der Waals surface area contributed by atoms with Crippen molar-refractivity contribution in [2.45, 2.75) is 0 Å². The highest BCUT2D eigenvalue weighted by atomic mass is 16.4. The molecule has 0 bridgehead atoms. The largest absolute Gasteiger partial charge is 0.478 e. The molecule has 2 N–H and O–H groups in total. The number of anilines is 1. The lowest BCUT2D eigenvalue weighted by Gasteiger charge is -2.06. The van der Waals surface area contributed by atoms with Gasteiger partial charge in [-0.25, -0.2) is 4.79 Å². The number of para-hydroxylation sites is 1. The minimum absolute atomic E-state index is 0.145. The molecule has 1 heterocycles. The van der Waals surface area contributed by atoms with Crippen LogP contribution in [0.15, 0.2) is 24.3 Å². The Bertz CT molecular complexity index is 522. The summed E-state index contributed by atoms with van der Waals surface area (Å²) in [5, 5.41) is 22.7. The first-order chi connectivity index (χ1) is 7.74. The van der Waals surface area contributed by atoms with Gasteiger partial charge in [0.2, 0.25) is 5.95 Å². The van der Waals surface area contributed by atoms with Gasteiger partial charge in [-0.3, -0.25) is 0 Å². The van der Waals surface area contributed by atoms with Crippen molar-refractivity contribution >= 4 is 11.9 Å². The van der Waals surface area contributed by atoms with Crippen molar-refractivity contribution in [3.63, 3.8) is 0 Å². The number of carboxylic acids is 1. The second-order valence-electron chi connectivity index (χ2n) is 2.99. The number of nitrogens with zero attached hydrogens (tertiary/aromatic N) is 4. The van der Waals surface area contributed by atoms with Gasteiger partial charge in [-0.05, 0) is 22.6 Å². The smallest absolute Gasteiger partial charge is 0.337 e. The molecule has 0 amide bonds. The number of benzene rings is 1. The quantitative estimate of drug-likeness (QED) is 0.776. The zero-order valence-corrected chi connectivity index (χ0v) is 8.45. The Morgan fingerprint density at radius 2 is 2.19 bits per heavy atom. The first-order valence-corrected chi connectivity index (χ1v) is 4.53. The molecule has 0 radical (unpaired) electrons. The molecule has 16 heavy (non-hydrogen) atoms. The molecule has 0 aliphatic rings. The number of aromatic carboxylic acids is 1. The van der Waals surface area contributed by atoms with Crippen molar-refractivity contribution in [1.29, 1.82) is 0 Å². The van der Waals surface area contributed by atoms with Crippen LogP contribution in [0.3, 0.4) is 0 Å². The normalized spacial score (nSPS) is 10.1. The summed E-state index contributed by atoms with van der Waals surface area (Å²) in [6.07, 6.45) is 0. The van der Waals surface area contributed by atoms with Crippen LogP contribution in [-0.2, 0) is 0 Å². The molecule has 0 atom stereocenters. The average Bonchev–Trinajstić information content (AvgIpc) is 2.76. The van der Waals surface area contributed by atoms with Gasteiger partial charge >= 0.3 is 5.97 Å². The molecule has 0 aliphatic carbocycles. The summed E-state index contributed by atoms with van der Waals surface area (Å²) in [4.78, 5) is 11.0. The molecule has 0 aliphatic heterocycles. The molecule has 2 aromatic rings. The Morgan fingerprint density at radius 1 is 1.44 bits per heavy atom. The molecule has 0 unspecified atom stereocenters. The van der Waals surface area contributed by atoms with Crippen LogP contribution in [-0.4, -0.2) is 38.3 Å². The van der Waals surface area contributed by atoms with Crippen LogP contribution in [0.1, 0.15) is 10.4 Å². The van der Waals surface area contributed by atoms with E-state index in [1.807, 2.05) is 0 Å². The monoisotopic (exact) mass is 219 g/mol. The van der Waals surface area contributed by atoms with E-state index in [2.05, 4.69) is 20.8 Å². The molecule has 0 saturated heterocycles. The van der Waals surface area contributed by atoms with Gasteiger partial charge in [0.1, 0.15) is 0 Å². The summed E-state index contributed by atoms with van der Waals surface area (Å²) in [6.45, 7) is 0. The molecule has 0 spiro atoms. The van der Waals surface area contributed by atoms with Crippen LogP contribution < -0.4 is 5.32 Å². The second kappa shape index (κ2) is 3.97. The number of hydrogen-bond donors (Lipinski definition) is 2. The Labute approximate surface area is 90.7 Å². The fourth-order valence-corrected chi connectivity index (χ4v) is 1.34. The predicted octanol–water partition coefficient (Wildman–Crippen LogP) is 0.402. The van der Waals surface area contributed by atoms with E-state index in [9.17, 15) is 4.79 Å². The summed E-state index contributed by atoms with van der Waals surface area (Å²) in [5.74, 6) is -0.637. The summed E-state index contributed by atoms with van der Waals surface area (Å²) in [7, 11) is 1.66. The van der Waals surface area contributed by atoms with Gasteiger partial charge in [0, 0.05) is 7.05 Å². The molecule has 0 saturated carbocycles. The lowest BCUT2D eigenvalue weighted by Crippen LogP contribution is -2.09. The molecular formula is C9H9N5O2. The number of nitrogens with one attached hydrogen (secondary N) is 1. The van der Waals surface area contributed by atoms with E-state index in [0.29, 0.717) is 11.6 Å². The lowest BCUT2D eigenvalue weighted by molar-refractivity contribution is 0.0697. The third-order valence-corrected chi connectivity index (χ3v) is 2.06. The molecule has 1 aromatic heterocycles. The van der Waals surface area contributed by atoms with Crippen LogP contribution in [0.2, 0.25) is 0 Å². The zero-order chi connectivity index (χ0) is 11.5. The van der Waals surface area contributed by atoms with Crippen LogP contribution in [0.4, 0.5) is 5.95 Å². The number of aromatic nitrogens is 4.